The molecule has 0 radical (unpaired) electrons. The second kappa shape index (κ2) is 12.4. The number of alkyl halides is 2. The van der Waals surface area contributed by atoms with Gasteiger partial charge in [-0.2, -0.15) is 13.9 Å². The fourth-order valence-corrected chi connectivity index (χ4v) is 5.09. The van der Waals surface area contributed by atoms with Crippen LogP contribution >= 0.6 is 23.2 Å². The van der Waals surface area contributed by atoms with Crippen LogP contribution in [-0.2, 0) is 19.9 Å². The predicted octanol–water partition coefficient (Wildman–Crippen LogP) is 4.69. The van der Waals surface area contributed by atoms with E-state index in [1.807, 2.05) is 18.7 Å². The molecular weight excluding hydrogens is 533 g/mol. The zero-order valence-electron chi connectivity index (χ0n) is 20.7. The lowest BCUT2D eigenvalue weighted by Crippen LogP contribution is -2.55. The van der Waals surface area contributed by atoms with Crippen molar-refractivity contribution >= 4 is 40.8 Å². The van der Waals surface area contributed by atoms with Crippen molar-refractivity contribution in [1.82, 2.24) is 14.7 Å². The Labute approximate surface area is 223 Å². The summed E-state index contributed by atoms with van der Waals surface area (Å²) in [5.41, 5.74) is -0.523. The SMILES string of the molecule is COC[C@H](CN1CCC(C(=O)Nc2ccc(Cl)cc2OC(F)F)(n2ncc(Cl)c2C(C)C)CC1)C(=O)O. The topological polar surface area (TPSA) is 106 Å². The highest BCUT2D eigenvalue weighted by molar-refractivity contribution is 6.31. The molecule has 1 fully saturated rings. The Balaban J connectivity index is 1.95. The van der Waals surface area contributed by atoms with Gasteiger partial charge in [-0.3, -0.25) is 14.3 Å². The summed E-state index contributed by atoms with van der Waals surface area (Å²) in [7, 11) is 1.44. The van der Waals surface area contributed by atoms with Gasteiger partial charge in [0.15, 0.2) is 5.75 Å². The lowest BCUT2D eigenvalue weighted by molar-refractivity contribution is -0.145. The smallest absolute Gasteiger partial charge is 0.387 e. The number of halogens is 4. The molecule has 1 aliphatic heterocycles. The van der Waals surface area contributed by atoms with Crippen LogP contribution in [0.15, 0.2) is 24.4 Å². The number of carboxylic acid groups (broad SMARTS) is 1. The van der Waals surface area contributed by atoms with Crippen LogP contribution in [0.2, 0.25) is 10.0 Å². The van der Waals surface area contributed by atoms with Crippen LogP contribution in [0.5, 0.6) is 5.75 Å². The number of carbonyl (C=O) groups is 2. The molecule has 1 aromatic carbocycles. The molecule has 1 saturated heterocycles. The predicted molar refractivity (Wildman–Crippen MR) is 135 cm³/mol. The van der Waals surface area contributed by atoms with Crippen LogP contribution in [0, 0.1) is 5.92 Å². The number of likely N-dealkylation sites (tertiary alicyclic amines) is 1. The fraction of sp³-hybridized carbons (Fsp3) is 0.542. The lowest BCUT2D eigenvalue weighted by atomic mass is 9.85. The molecule has 0 saturated carbocycles. The van der Waals surface area contributed by atoms with E-state index < -0.39 is 29.9 Å². The summed E-state index contributed by atoms with van der Waals surface area (Å²) in [4.78, 5) is 27.5. The van der Waals surface area contributed by atoms with Gasteiger partial charge < -0.3 is 24.8 Å². The van der Waals surface area contributed by atoms with Crippen LogP contribution in [-0.4, -0.2) is 71.6 Å². The number of benzene rings is 1. The van der Waals surface area contributed by atoms with E-state index in [9.17, 15) is 23.5 Å². The number of amides is 1. The summed E-state index contributed by atoms with van der Waals surface area (Å²) >= 11 is 12.4. The largest absolute Gasteiger partial charge is 0.481 e. The van der Waals surface area contributed by atoms with E-state index in [4.69, 9.17) is 27.9 Å². The van der Waals surface area contributed by atoms with Crippen LogP contribution < -0.4 is 10.1 Å². The number of ether oxygens (including phenoxy) is 2. The first-order valence-corrected chi connectivity index (χ1v) is 12.5. The van der Waals surface area contributed by atoms with E-state index in [-0.39, 0.29) is 48.4 Å². The van der Waals surface area contributed by atoms with Gasteiger partial charge in [-0.25, -0.2) is 0 Å². The molecule has 1 atom stereocenters. The first-order valence-electron chi connectivity index (χ1n) is 11.7. The maximum absolute atomic E-state index is 13.9. The van der Waals surface area contributed by atoms with Crippen LogP contribution in [0.3, 0.4) is 0 Å². The number of nitrogens with one attached hydrogen (secondary N) is 1. The standard InChI is InChI=1S/C24H30Cl2F2N4O5/c1-14(2)20-17(26)11-29-32(20)24(6-8-31(9-7-24)12-15(13-36-3)21(33)34)22(35)30-18-5-4-16(25)10-19(18)37-23(27)28/h4-5,10-11,14-15,23H,6-9,12-13H2,1-3H3,(H,30,35)(H,33,34)/t15-/m0/s1. The highest BCUT2D eigenvalue weighted by Gasteiger charge is 2.46. The van der Waals surface area contributed by atoms with Crippen LogP contribution in [0.4, 0.5) is 14.5 Å². The molecule has 37 heavy (non-hydrogen) atoms. The zero-order chi connectivity index (χ0) is 27.3. The van der Waals surface area contributed by atoms with Gasteiger partial charge in [0.05, 0.1) is 35.1 Å². The number of aliphatic carboxylic acids is 1. The Morgan fingerprint density at radius 3 is 2.49 bits per heavy atom. The zero-order valence-corrected chi connectivity index (χ0v) is 22.2. The maximum atomic E-state index is 13.9. The van der Waals surface area contributed by atoms with E-state index in [1.165, 1.54) is 31.5 Å². The molecule has 2 aromatic rings. The van der Waals surface area contributed by atoms with Gasteiger partial charge in [0.25, 0.3) is 5.91 Å². The summed E-state index contributed by atoms with van der Waals surface area (Å²) in [5.74, 6) is -2.51. The molecule has 1 amide bonds. The Morgan fingerprint density at radius 2 is 1.92 bits per heavy atom. The van der Waals surface area contributed by atoms with Crippen LogP contribution in [0.25, 0.3) is 0 Å². The molecule has 0 spiro atoms. The Morgan fingerprint density at radius 1 is 1.24 bits per heavy atom. The monoisotopic (exact) mass is 562 g/mol. The van der Waals surface area contributed by atoms with Crippen molar-refractivity contribution in [3.8, 4) is 5.75 Å². The number of carbonyl (C=O) groups excluding carboxylic acids is 1. The van der Waals surface area contributed by atoms with Crippen molar-refractivity contribution in [3.63, 3.8) is 0 Å². The number of aromatic nitrogens is 2. The van der Waals surface area contributed by atoms with Gasteiger partial charge >= 0.3 is 12.6 Å². The molecule has 204 valence electrons. The van der Waals surface area contributed by atoms with Gasteiger partial charge in [-0.1, -0.05) is 37.0 Å². The third-order valence-electron chi connectivity index (χ3n) is 6.42. The van der Waals surface area contributed by atoms with Crippen molar-refractivity contribution in [1.29, 1.82) is 0 Å². The lowest BCUT2D eigenvalue weighted by Gasteiger charge is -2.42. The Hall–Kier alpha value is -2.47. The van der Waals surface area contributed by atoms with Gasteiger partial charge in [-0.05, 0) is 30.9 Å². The minimum absolute atomic E-state index is 0.0342. The van der Waals surface area contributed by atoms with Crippen molar-refractivity contribution in [2.24, 2.45) is 5.92 Å². The summed E-state index contributed by atoms with van der Waals surface area (Å²) in [6, 6.07) is 4.05. The van der Waals surface area contributed by atoms with E-state index in [0.717, 1.165) is 0 Å². The summed E-state index contributed by atoms with van der Waals surface area (Å²) in [5, 5.41) is 17.2. The minimum atomic E-state index is -3.11. The molecule has 1 aliphatic rings. The number of nitrogens with zero attached hydrogens (tertiary/aromatic N) is 3. The molecule has 1 aromatic heterocycles. The first kappa shape index (κ1) is 29.1. The van der Waals surface area contributed by atoms with Crippen molar-refractivity contribution < 1.29 is 33.0 Å². The molecule has 0 aliphatic carbocycles. The normalized spacial score (nSPS) is 16.7. The molecular formula is C24H30Cl2F2N4O5. The van der Waals surface area contributed by atoms with Crippen LogP contribution in [0.1, 0.15) is 38.3 Å². The number of hydrogen-bond acceptors (Lipinski definition) is 6. The molecule has 0 unspecified atom stereocenters. The number of piperidine rings is 1. The van der Waals surface area contributed by atoms with Crippen molar-refractivity contribution in [3.05, 3.63) is 40.1 Å². The second-order valence-corrected chi connectivity index (χ2v) is 10.1. The van der Waals surface area contributed by atoms with Gasteiger partial charge in [-0.15, -0.1) is 0 Å². The number of carboxylic acids is 1. The number of anilines is 1. The number of rotatable bonds is 11. The Kier molecular flexibility index (Phi) is 9.74. The highest BCUT2D eigenvalue weighted by Crippen LogP contribution is 2.38. The molecule has 2 N–H and O–H groups in total. The molecule has 2 heterocycles. The summed E-state index contributed by atoms with van der Waals surface area (Å²) in [6.07, 6.45) is 2.02. The van der Waals surface area contributed by atoms with E-state index in [1.54, 1.807) is 4.68 Å². The van der Waals surface area contributed by atoms with Gasteiger partial charge in [0.2, 0.25) is 0 Å². The third-order valence-corrected chi connectivity index (χ3v) is 6.95. The number of hydrogen-bond donors (Lipinski definition) is 2. The van der Waals surface area contributed by atoms with E-state index in [0.29, 0.717) is 23.8 Å². The van der Waals surface area contributed by atoms with Crippen molar-refractivity contribution in [2.45, 2.75) is 44.8 Å². The maximum Gasteiger partial charge on any atom is 0.387 e. The Bertz CT molecular complexity index is 1110. The average molecular weight is 563 g/mol. The van der Waals surface area contributed by atoms with Gasteiger partial charge in [0.1, 0.15) is 5.54 Å². The molecule has 13 heteroatoms. The first-order chi connectivity index (χ1) is 17.5. The highest BCUT2D eigenvalue weighted by atomic mass is 35.5. The third kappa shape index (κ3) is 6.70. The van der Waals surface area contributed by atoms with Crippen molar-refractivity contribution in [2.75, 3.05) is 38.7 Å². The summed E-state index contributed by atoms with van der Waals surface area (Å²) in [6.45, 7) is 1.83. The molecule has 9 nitrogen and oxygen atoms in total. The molecule has 0 bridgehead atoms. The number of methoxy groups -OCH3 is 1. The fourth-order valence-electron chi connectivity index (χ4n) is 4.59. The van der Waals surface area contributed by atoms with E-state index in [2.05, 4.69) is 15.2 Å². The quantitative estimate of drug-likeness (QED) is 0.409. The summed E-state index contributed by atoms with van der Waals surface area (Å²) < 4.78 is 37.2. The molecule has 3 rings (SSSR count). The van der Waals surface area contributed by atoms with E-state index >= 15 is 0 Å². The average Bonchev–Trinajstić information content (AvgIpc) is 3.22. The van der Waals surface area contributed by atoms with Gasteiger partial charge in [0, 0.05) is 37.8 Å². The second-order valence-electron chi connectivity index (χ2n) is 9.24. The minimum Gasteiger partial charge on any atom is -0.481 e.